The Balaban J connectivity index is 2.22. The molecule has 1 aromatic rings. The predicted octanol–water partition coefficient (Wildman–Crippen LogP) is 1.97. The van der Waals surface area contributed by atoms with Crippen LogP contribution in [0.5, 0.6) is 5.75 Å². The summed E-state index contributed by atoms with van der Waals surface area (Å²) in [7, 11) is 0. The summed E-state index contributed by atoms with van der Waals surface area (Å²) in [6, 6.07) is 6.11. The van der Waals surface area contributed by atoms with Gasteiger partial charge in [-0.15, -0.1) is 0 Å². The van der Waals surface area contributed by atoms with Crippen LogP contribution in [-0.4, -0.2) is 55.4 Å². The van der Waals surface area contributed by atoms with Gasteiger partial charge in [-0.05, 0) is 44.1 Å². The van der Waals surface area contributed by atoms with Crippen LogP contribution in [-0.2, 0) is 0 Å². The van der Waals surface area contributed by atoms with E-state index in [1.54, 1.807) is 0 Å². The standard InChI is InChI=1S/C17H30N2O2/c1-5-19(6-2)10-9-18-12-16(20)13-21-17-11-14(3)7-8-15(17)4/h7-8,11,16,18,20H,5-6,9-10,12-13H2,1-4H3. The summed E-state index contributed by atoms with van der Waals surface area (Å²) in [5, 5.41) is 13.2. The molecule has 1 rings (SSSR count). The Morgan fingerprint density at radius 3 is 2.62 bits per heavy atom. The highest BCUT2D eigenvalue weighted by Crippen LogP contribution is 2.19. The fourth-order valence-corrected chi connectivity index (χ4v) is 2.15. The summed E-state index contributed by atoms with van der Waals surface area (Å²) in [5.74, 6) is 0.859. The lowest BCUT2D eigenvalue weighted by molar-refractivity contribution is 0.105. The van der Waals surface area contributed by atoms with Gasteiger partial charge in [0.25, 0.3) is 0 Å². The molecule has 2 N–H and O–H groups in total. The van der Waals surface area contributed by atoms with Gasteiger partial charge < -0.3 is 20.1 Å². The van der Waals surface area contributed by atoms with Gasteiger partial charge in [0.2, 0.25) is 0 Å². The molecule has 0 heterocycles. The van der Waals surface area contributed by atoms with E-state index < -0.39 is 6.10 Å². The molecule has 0 spiro atoms. The van der Waals surface area contributed by atoms with Gasteiger partial charge in [-0.2, -0.15) is 0 Å². The second-order valence-corrected chi connectivity index (χ2v) is 5.46. The van der Waals surface area contributed by atoms with Gasteiger partial charge >= 0.3 is 0 Å². The fourth-order valence-electron chi connectivity index (χ4n) is 2.15. The van der Waals surface area contributed by atoms with Crippen LogP contribution in [0.15, 0.2) is 18.2 Å². The van der Waals surface area contributed by atoms with Crippen LogP contribution in [0.25, 0.3) is 0 Å². The van der Waals surface area contributed by atoms with Crippen molar-refractivity contribution in [2.24, 2.45) is 0 Å². The van der Waals surface area contributed by atoms with Crippen LogP contribution in [0.2, 0.25) is 0 Å². The Morgan fingerprint density at radius 2 is 1.95 bits per heavy atom. The lowest BCUT2D eigenvalue weighted by atomic mass is 10.1. The maximum absolute atomic E-state index is 9.95. The Labute approximate surface area is 129 Å². The summed E-state index contributed by atoms with van der Waals surface area (Å²) in [4.78, 5) is 2.35. The van der Waals surface area contributed by atoms with Crippen LogP contribution in [0.1, 0.15) is 25.0 Å². The number of aryl methyl sites for hydroxylation is 2. The van der Waals surface area contributed by atoms with Crippen LogP contribution in [0, 0.1) is 13.8 Å². The normalized spacial score (nSPS) is 12.7. The molecule has 0 amide bonds. The van der Waals surface area contributed by atoms with Gasteiger partial charge in [0, 0.05) is 19.6 Å². The minimum atomic E-state index is -0.485. The van der Waals surface area contributed by atoms with Crippen molar-refractivity contribution in [1.29, 1.82) is 0 Å². The van der Waals surface area contributed by atoms with E-state index in [-0.39, 0.29) is 0 Å². The monoisotopic (exact) mass is 294 g/mol. The Hall–Kier alpha value is -1.10. The van der Waals surface area contributed by atoms with Gasteiger partial charge in [-0.1, -0.05) is 26.0 Å². The molecular formula is C17H30N2O2. The van der Waals surface area contributed by atoms with Crippen molar-refractivity contribution in [2.45, 2.75) is 33.8 Å². The molecule has 1 atom stereocenters. The minimum absolute atomic E-state index is 0.322. The fraction of sp³-hybridized carbons (Fsp3) is 0.647. The number of likely N-dealkylation sites (N-methyl/N-ethyl adjacent to an activating group) is 1. The third-order valence-corrected chi connectivity index (χ3v) is 3.65. The maximum Gasteiger partial charge on any atom is 0.122 e. The first-order valence-corrected chi connectivity index (χ1v) is 7.88. The van der Waals surface area contributed by atoms with Gasteiger partial charge in [-0.3, -0.25) is 0 Å². The lowest BCUT2D eigenvalue weighted by Gasteiger charge is -2.19. The van der Waals surface area contributed by atoms with Crippen molar-refractivity contribution in [3.8, 4) is 5.75 Å². The van der Waals surface area contributed by atoms with Crippen molar-refractivity contribution in [3.05, 3.63) is 29.3 Å². The molecule has 0 aliphatic heterocycles. The Kier molecular flexibility index (Phi) is 8.35. The molecule has 0 radical (unpaired) electrons. The number of nitrogens with one attached hydrogen (secondary N) is 1. The topological polar surface area (TPSA) is 44.7 Å². The highest BCUT2D eigenvalue weighted by atomic mass is 16.5. The zero-order valence-electron chi connectivity index (χ0n) is 13.9. The molecule has 1 aromatic carbocycles. The summed E-state index contributed by atoms with van der Waals surface area (Å²) < 4.78 is 5.70. The molecule has 0 aliphatic rings. The SMILES string of the molecule is CCN(CC)CCNCC(O)COc1cc(C)ccc1C. The van der Waals surface area contributed by atoms with Gasteiger partial charge in [0.15, 0.2) is 0 Å². The van der Waals surface area contributed by atoms with E-state index in [4.69, 9.17) is 4.74 Å². The van der Waals surface area contributed by atoms with E-state index >= 15 is 0 Å². The molecular weight excluding hydrogens is 264 g/mol. The number of aliphatic hydroxyl groups is 1. The smallest absolute Gasteiger partial charge is 0.122 e. The van der Waals surface area contributed by atoms with E-state index in [1.165, 1.54) is 5.56 Å². The average Bonchev–Trinajstić information content (AvgIpc) is 2.48. The first kappa shape index (κ1) is 18.0. The van der Waals surface area contributed by atoms with Gasteiger partial charge in [-0.25, -0.2) is 0 Å². The molecule has 0 aliphatic carbocycles. The zero-order chi connectivity index (χ0) is 15.7. The first-order chi connectivity index (χ1) is 10.1. The molecule has 0 saturated heterocycles. The molecule has 0 aromatic heterocycles. The van der Waals surface area contributed by atoms with Crippen molar-refractivity contribution < 1.29 is 9.84 Å². The summed E-state index contributed by atoms with van der Waals surface area (Å²) in [6.07, 6.45) is -0.485. The number of rotatable bonds is 10. The molecule has 4 nitrogen and oxygen atoms in total. The Bertz CT molecular complexity index is 406. The van der Waals surface area contributed by atoms with Crippen LogP contribution < -0.4 is 10.1 Å². The molecule has 120 valence electrons. The van der Waals surface area contributed by atoms with E-state index in [2.05, 4.69) is 30.1 Å². The second-order valence-electron chi connectivity index (χ2n) is 5.46. The van der Waals surface area contributed by atoms with Crippen LogP contribution in [0.4, 0.5) is 0 Å². The number of ether oxygens (including phenoxy) is 1. The molecule has 21 heavy (non-hydrogen) atoms. The van der Waals surface area contributed by atoms with Crippen molar-refractivity contribution >= 4 is 0 Å². The third kappa shape index (κ3) is 6.93. The first-order valence-electron chi connectivity index (χ1n) is 7.88. The van der Waals surface area contributed by atoms with Crippen LogP contribution in [0.3, 0.4) is 0 Å². The quantitative estimate of drug-likeness (QED) is 0.648. The molecule has 1 unspecified atom stereocenters. The number of aliphatic hydroxyl groups excluding tert-OH is 1. The molecule has 4 heteroatoms. The average molecular weight is 294 g/mol. The van der Waals surface area contributed by atoms with Crippen LogP contribution >= 0.6 is 0 Å². The van der Waals surface area contributed by atoms with Crippen molar-refractivity contribution in [1.82, 2.24) is 10.2 Å². The van der Waals surface area contributed by atoms with E-state index in [0.717, 1.165) is 37.5 Å². The number of benzene rings is 1. The molecule has 0 fully saturated rings. The lowest BCUT2D eigenvalue weighted by Crippen LogP contribution is -2.37. The van der Waals surface area contributed by atoms with Gasteiger partial charge in [0.05, 0.1) is 0 Å². The zero-order valence-corrected chi connectivity index (χ0v) is 13.9. The molecule has 0 saturated carbocycles. The summed E-state index contributed by atoms with van der Waals surface area (Å²) in [5.41, 5.74) is 2.27. The highest BCUT2D eigenvalue weighted by Gasteiger charge is 2.07. The minimum Gasteiger partial charge on any atom is -0.491 e. The van der Waals surface area contributed by atoms with Gasteiger partial charge in [0.1, 0.15) is 18.5 Å². The number of hydrogen-bond donors (Lipinski definition) is 2. The Morgan fingerprint density at radius 1 is 1.24 bits per heavy atom. The summed E-state index contributed by atoms with van der Waals surface area (Å²) in [6.45, 7) is 13.3. The van der Waals surface area contributed by atoms with Crippen molar-refractivity contribution in [2.75, 3.05) is 39.3 Å². The molecule has 0 bridgehead atoms. The second kappa shape index (κ2) is 9.77. The van der Waals surface area contributed by atoms with E-state index in [0.29, 0.717) is 13.2 Å². The van der Waals surface area contributed by atoms with Crippen molar-refractivity contribution in [3.63, 3.8) is 0 Å². The number of nitrogens with zero attached hydrogens (tertiary/aromatic N) is 1. The van der Waals surface area contributed by atoms with E-state index in [1.807, 2.05) is 26.0 Å². The number of hydrogen-bond acceptors (Lipinski definition) is 4. The largest absolute Gasteiger partial charge is 0.491 e. The highest BCUT2D eigenvalue weighted by molar-refractivity contribution is 5.35. The summed E-state index contributed by atoms with van der Waals surface area (Å²) >= 11 is 0. The van der Waals surface area contributed by atoms with E-state index in [9.17, 15) is 5.11 Å². The third-order valence-electron chi connectivity index (χ3n) is 3.65. The predicted molar refractivity (Wildman–Crippen MR) is 88.1 cm³/mol. The maximum atomic E-state index is 9.95.